The largest absolute Gasteiger partial charge is 0.394 e. The first-order valence-corrected chi connectivity index (χ1v) is 7.49. The molecular weight excluding hydrogens is 347 g/mol. The molecule has 0 spiro atoms. The van der Waals surface area contributed by atoms with Crippen molar-refractivity contribution in [1.82, 2.24) is 19.7 Å². The lowest BCUT2D eigenvalue weighted by Crippen LogP contribution is -2.05. The fourth-order valence-corrected chi connectivity index (χ4v) is 2.17. The van der Waals surface area contributed by atoms with Gasteiger partial charge in [0.25, 0.3) is 0 Å². The Balaban J connectivity index is 1.73. The quantitative estimate of drug-likeness (QED) is 0.596. The zero-order valence-corrected chi connectivity index (χ0v) is 13.5. The number of benzene rings is 1. The zero-order chi connectivity index (χ0) is 21.2. The summed E-state index contributed by atoms with van der Waals surface area (Å²) in [6.45, 7) is -5.65. The molecule has 7 nitrogen and oxygen atoms in total. The second kappa shape index (κ2) is 7.91. The third-order valence-electron chi connectivity index (χ3n) is 3.10. The molecule has 1 aromatic carbocycles. The molecule has 0 saturated heterocycles. The van der Waals surface area contributed by atoms with Crippen LogP contribution in [0.2, 0.25) is 5.02 Å². The first-order chi connectivity index (χ1) is 13.6. The number of aliphatic hydroxyl groups is 1. The highest BCUT2D eigenvalue weighted by molar-refractivity contribution is 6.32. The van der Waals surface area contributed by atoms with Crippen LogP contribution < -0.4 is 10.6 Å². The van der Waals surface area contributed by atoms with Crippen molar-refractivity contribution in [3.05, 3.63) is 59.3 Å². The van der Waals surface area contributed by atoms with Crippen molar-refractivity contribution in [1.29, 1.82) is 0 Å². The number of aromatic nitrogens is 4. The molecule has 0 amide bonds. The maximum atomic E-state index is 13.3. The number of rotatable bonds is 7. The lowest BCUT2D eigenvalue weighted by atomic mass is 10.2. The van der Waals surface area contributed by atoms with Crippen LogP contribution in [0.4, 0.5) is 21.8 Å². The second-order valence-corrected chi connectivity index (χ2v) is 5.30. The summed E-state index contributed by atoms with van der Waals surface area (Å²) in [5.41, 5.74) is 0.951. The van der Waals surface area contributed by atoms with Gasteiger partial charge in [-0.25, -0.2) is 9.37 Å². The molecular formula is C16H16ClFN6O. The van der Waals surface area contributed by atoms with Crippen LogP contribution in [0.5, 0.6) is 0 Å². The summed E-state index contributed by atoms with van der Waals surface area (Å²) in [5, 5.41) is 19.1. The Hall–Kier alpha value is -2.71. The molecule has 0 unspecified atom stereocenters. The van der Waals surface area contributed by atoms with Crippen LogP contribution in [0.15, 0.2) is 42.9 Å². The second-order valence-electron chi connectivity index (χ2n) is 4.90. The van der Waals surface area contributed by atoms with Crippen molar-refractivity contribution in [2.45, 2.75) is 13.0 Å². The SMILES string of the molecule is [2H]C([2H])(O)C([2H])([2H])n1cc(Nc2ncc(Cl)c(NCc3cccc(F)c3)n2)cn1. The van der Waals surface area contributed by atoms with E-state index in [2.05, 4.69) is 25.7 Å². The highest BCUT2D eigenvalue weighted by atomic mass is 35.5. The Kier molecular flexibility index (Phi) is 3.99. The van der Waals surface area contributed by atoms with E-state index < -0.39 is 13.1 Å². The van der Waals surface area contributed by atoms with Gasteiger partial charge in [-0.1, -0.05) is 23.7 Å². The smallest absolute Gasteiger partial charge is 0.229 e. The van der Waals surface area contributed by atoms with E-state index in [4.69, 9.17) is 17.1 Å². The average molecular weight is 367 g/mol. The van der Waals surface area contributed by atoms with Crippen LogP contribution in [0.1, 0.15) is 11.0 Å². The van der Waals surface area contributed by atoms with Crippen molar-refractivity contribution in [2.75, 3.05) is 17.2 Å². The number of nitrogens with zero attached hydrogens (tertiary/aromatic N) is 4. The molecule has 9 heteroatoms. The first-order valence-electron chi connectivity index (χ1n) is 9.12. The molecule has 0 fully saturated rings. The van der Waals surface area contributed by atoms with Crippen molar-refractivity contribution in [3.8, 4) is 0 Å². The third kappa shape index (κ3) is 4.65. The van der Waals surface area contributed by atoms with Gasteiger partial charge in [0.05, 0.1) is 36.6 Å². The zero-order valence-electron chi connectivity index (χ0n) is 16.7. The van der Waals surface area contributed by atoms with Crippen LogP contribution in [0.3, 0.4) is 0 Å². The summed E-state index contributed by atoms with van der Waals surface area (Å²) in [6.07, 6.45) is 3.73. The lowest BCUT2D eigenvalue weighted by molar-refractivity contribution is 0.269. The van der Waals surface area contributed by atoms with Gasteiger partial charge in [-0.2, -0.15) is 10.1 Å². The number of hydrogen-bond donors (Lipinski definition) is 3. The molecule has 3 aromatic rings. The van der Waals surface area contributed by atoms with Gasteiger partial charge in [0.2, 0.25) is 5.95 Å². The van der Waals surface area contributed by atoms with Gasteiger partial charge < -0.3 is 15.7 Å². The van der Waals surface area contributed by atoms with E-state index in [-0.39, 0.29) is 29.0 Å². The average Bonchev–Trinajstić information content (AvgIpc) is 3.10. The van der Waals surface area contributed by atoms with Crippen LogP contribution >= 0.6 is 11.6 Å². The monoisotopic (exact) mass is 366 g/mol. The predicted molar refractivity (Wildman–Crippen MR) is 93.4 cm³/mol. The predicted octanol–water partition coefficient (Wildman–Crippen LogP) is 2.81. The van der Waals surface area contributed by atoms with Crippen molar-refractivity contribution in [3.63, 3.8) is 0 Å². The molecule has 0 radical (unpaired) electrons. The molecule has 130 valence electrons. The Bertz CT molecular complexity index is 1010. The standard InChI is InChI=1S/C16H16ClFN6O/c17-14-9-20-16(22-13-8-21-24(10-13)4-5-25)23-15(14)19-7-11-2-1-3-12(18)6-11/h1-3,6,8-10,25H,4-5,7H2,(H2,19,20,22,23)/i4D2,5D2. The lowest BCUT2D eigenvalue weighted by Gasteiger charge is -2.09. The summed E-state index contributed by atoms with van der Waals surface area (Å²) < 4.78 is 43.6. The number of anilines is 3. The number of aryl methyl sites for hydroxylation is 1. The molecule has 0 bridgehead atoms. The van der Waals surface area contributed by atoms with Crippen LogP contribution in [0, 0.1) is 5.82 Å². The fourth-order valence-electron chi connectivity index (χ4n) is 2.01. The Morgan fingerprint density at radius 3 is 3.04 bits per heavy atom. The van der Waals surface area contributed by atoms with E-state index in [9.17, 15) is 9.50 Å². The summed E-state index contributed by atoms with van der Waals surface area (Å²) >= 11 is 6.09. The third-order valence-corrected chi connectivity index (χ3v) is 3.37. The van der Waals surface area contributed by atoms with Gasteiger partial charge in [0, 0.05) is 12.7 Å². The minimum Gasteiger partial charge on any atom is -0.394 e. The molecule has 0 aliphatic heterocycles. The van der Waals surface area contributed by atoms with Crippen molar-refractivity contribution in [2.24, 2.45) is 0 Å². The molecule has 25 heavy (non-hydrogen) atoms. The summed E-state index contributed by atoms with van der Waals surface area (Å²) in [6, 6.07) is 6.05. The van der Waals surface area contributed by atoms with Gasteiger partial charge in [-0.05, 0) is 17.7 Å². The van der Waals surface area contributed by atoms with Crippen molar-refractivity contribution < 1.29 is 15.0 Å². The molecule has 3 N–H and O–H groups in total. The normalized spacial score (nSPS) is 14.2. The molecule has 3 rings (SSSR count). The topological polar surface area (TPSA) is 87.9 Å². The highest BCUT2D eigenvalue weighted by Gasteiger charge is 2.07. The van der Waals surface area contributed by atoms with Gasteiger partial charge in [-0.3, -0.25) is 4.68 Å². The van der Waals surface area contributed by atoms with Crippen LogP contribution in [-0.4, -0.2) is 31.4 Å². The van der Waals surface area contributed by atoms with Gasteiger partial charge >= 0.3 is 0 Å². The minimum atomic E-state index is -3.14. The van der Waals surface area contributed by atoms with E-state index in [1.165, 1.54) is 24.5 Å². The maximum absolute atomic E-state index is 13.3. The van der Waals surface area contributed by atoms with E-state index in [1.807, 2.05) is 0 Å². The molecule has 0 saturated carbocycles. The fraction of sp³-hybridized carbons (Fsp3) is 0.188. The Morgan fingerprint density at radius 2 is 2.24 bits per heavy atom. The highest BCUT2D eigenvalue weighted by Crippen LogP contribution is 2.22. The number of nitrogens with one attached hydrogen (secondary N) is 2. The van der Waals surface area contributed by atoms with Crippen molar-refractivity contribution >= 4 is 29.1 Å². The molecule has 2 aromatic heterocycles. The van der Waals surface area contributed by atoms with Crippen LogP contribution in [-0.2, 0) is 13.0 Å². The molecule has 2 heterocycles. The van der Waals surface area contributed by atoms with E-state index in [1.54, 1.807) is 12.1 Å². The minimum absolute atomic E-state index is 0.114. The number of halogens is 2. The summed E-state index contributed by atoms with van der Waals surface area (Å²) in [4.78, 5) is 8.23. The van der Waals surface area contributed by atoms with Crippen LogP contribution in [0.25, 0.3) is 0 Å². The van der Waals surface area contributed by atoms with E-state index >= 15 is 0 Å². The number of hydrogen-bond acceptors (Lipinski definition) is 6. The van der Waals surface area contributed by atoms with Gasteiger partial charge in [0.1, 0.15) is 10.8 Å². The molecule has 0 atom stereocenters. The van der Waals surface area contributed by atoms with E-state index in [0.29, 0.717) is 16.1 Å². The molecule has 0 aliphatic carbocycles. The first kappa shape index (κ1) is 12.6. The Labute approximate surface area is 154 Å². The van der Waals surface area contributed by atoms with Gasteiger partial charge in [-0.15, -0.1) is 0 Å². The molecule has 0 aliphatic rings. The Morgan fingerprint density at radius 1 is 1.36 bits per heavy atom. The maximum Gasteiger partial charge on any atom is 0.229 e. The summed E-state index contributed by atoms with van der Waals surface area (Å²) in [5.74, 6) is 0.0516. The summed E-state index contributed by atoms with van der Waals surface area (Å²) in [7, 11) is 0. The van der Waals surface area contributed by atoms with E-state index in [0.717, 1.165) is 6.20 Å². The van der Waals surface area contributed by atoms with Gasteiger partial charge in [0.15, 0.2) is 5.82 Å².